The largest absolute Gasteiger partial charge is 0.489 e. The third-order valence-corrected chi connectivity index (χ3v) is 6.87. The molecule has 29 heavy (non-hydrogen) atoms. The minimum absolute atomic E-state index is 0.0625. The van der Waals surface area contributed by atoms with Crippen LogP contribution in [-0.4, -0.2) is 52.9 Å². The standard InChI is InChI=1S/C23H29N3O3/c1-14-11-25(12-14)19-4-3-5-21(19)29-17-7-8-18-16(10-17)13-26(23(18)28)20-9-6-15(2)24-22(20)27/h7-8,10,14,19-21H,2-6,9,11-13H2,1H3,(H,24,27)/t19-,20?,21+/m1/s1. The lowest BCUT2D eigenvalue weighted by atomic mass is 9.98. The Hall–Kier alpha value is -2.34. The number of hydrogen-bond acceptors (Lipinski definition) is 4. The summed E-state index contributed by atoms with van der Waals surface area (Å²) in [5, 5.41) is 2.79. The van der Waals surface area contributed by atoms with E-state index in [1.165, 1.54) is 25.9 Å². The number of benzene rings is 1. The predicted molar refractivity (Wildman–Crippen MR) is 109 cm³/mol. The number of hydrogen-bond donors (Lipinski definition) is 1. The number of carbonyl (C=O) groups is 2. The Morgan fingerprint density at radius 3 is 2.76 bits per heavy atom. The zero-order valence-corrected chi connectivity index (χ0v) is 17.0. The van der Waals surface area contributed by atoms with Crippen molar-refractivity contribution in [3.63, 3.8) is 0 Å². The number of fused-ring (bicyclic) bond motifs is 1. The van der Waals surface area contributed by atoms with Crippen LogP contribution >= 0.6 is 0 Å². The fourth-order valence-electron chi connectivity index (χ4n) is 5.36. The first-order valence-corrected chi connectivity index (χ1v) is 10.8. The zero-order valence-electron chi connectivity index (χ0n) is 17.0. The number of piperidine rings is 1. The SMILES string of the molecule is C=C1CCC(N2Cc3cc(O[C@H]4CCC[C@H]4N4CC(C)C4)ccc3C2=O)C(=O)N1. The van der Waals surface area contributed by atoms with Crippen LogP contribution in [0.15, 0.2) is 30.5 Å². The van der Waals surface area contributed by atoms with Gasteiger partial charge in [0.25, 0.3) is 5.91 Å². The second kappa shape index (κ2) is 7.17. The van der Waals surface area contributed by atoms with Crippen molar-refractivity contribution >= 4 is 11.8 Å². The summed E-state index contributed by atoms with van der Waals surface area (Å²) >= 11 is 0. The van der Waals surface area contributed by atoms with Crippen molar-refractivity contribution in [2.45, 2.75) is 63.8 Å². The summed E-state index contributed by atoms with van der Waals surface area (Å²) in [6.45, 7) is 8.94. The van der Waals surface area contributed by atoms with E-state index in [1.54, 1.807) is 4.90 Å². The van der Waals surface area contributed by atoms with Crippen molar-refractivity contribution < 1.29 is 14.3 Å². The van der Waals surface area contributed by atoms with Gasteiger partial charge in [0.1, 0.15) is 17.9 Å². The normalized spacial score (nSPS) is 30.3. The molecule has 0 spiro atoms. The van der Waals surface area contributed by atoms with Crippen LogP contribution in [0.2, 0.25) is 0 Å². The molecule has 0 aromatic heterocycles. The van der Waals surface area contributed by atoms with E-state index in [1.807, 2.05) is 18.2 Å². The van der Waals surface area contributed by atoms with Crippen molar-refractivity contribution in [2.24, 2.45) is 5.92 Å². The van der Waals surface area contributed by atoms with Gasteiger partial charge >= 0.3 is 0 Å². The van der Waals surface area contributed by atoms with Crippen molar-refractivity contribution in [1.29, 1.82) is 0 Å². The van der Waals surface area contributed by atoms with Gasteiger partial charge in [-0.2, -0.15) is 0 Å². The maximum atomic E-state index is 12.9. The molecule has 3 heterocycles. The first-order valence-electron chi connectivity index (χ1n) is 10.8. The Kier molecular flexibility index (Phi) is 4.62. The lowest BCUT2D eigenvalue weighted by Gasteiger charge is -2.43. The van der Waals surface area contributed by atoms with E-state index in [4.69, 9.17) is 4.74 Å². The highest BCUT2D eigenvalue weighted by atomic mass is 16.5. The molecule has 2 amide bonds. The summed E-state index contributed by atoms with van der Waals surface area (Å²) < 4.78 is 6.39. The minimum atomic E-state index is -0.419. The molecule has 1 aromatic carbocycles. The van der Waals surface area contributed by atoms with Crippen LogP contribution in [0.1, 0.15) is 54.9 Å². The molecule has 4 aliphatic rings. The minimum Gasteiger partial charge on any atom is -0.489 e. The fourth-order valence-corrected chi connectivity index (χ4v) is 5.36. The van der Waals surface area contributed by atoms with Gasteiger partial charge in [-0.3, -0.25) is 14.5 Å². The summed E-state index contributed by atoms with van der Waals surface area (Å²) in [6, 6.07) is 5.87. The summed E-state index contributed by atoms with van der Waals surface area (Å²) in [4.78, 5) is 29.5. The number of rotatable bonds is 4. The molecule has 1 aromatic rings. The highest BCUT2D eigenvalue weighted by molar-refractivity contribution is 6.01. The van der Waals surface area contributed by atoms with E-state index in [0.29, 0.717) is 31.0 Å². The van der Waals surface area contributed by atoms with Crippen molar-refractivity contribution in [1.82, 2.24) is 15.1 Å². The number of carbonyl (C=O) groups excluding carboxylic acids is 2. The highest BCUT2D eigenvalue weighted by Gasteiger charge is 2.40. The second-order valence-corrected chi connectivity index (χ2v) is 9.11. The smallest absolute Gasteiger partial charge is 0.255 e. The topological polar surface area (TPSA) is 61.9 Å². The summed E-state index contributed by atoms with van der Waals surface area (Å²) in [6.07, 6.45) is 5.07. The molecule has 1 aliphatic carbocycles. The van der Waals surface area contributed by atoms with E-state index in [2.05, 4.69) is 23.7 Å². The van der Waals surface area contributed by atoms with Gasteiger partial charge in [-0.1, -0.05) is 13.5 Å². The molecular weight excluding hydrogens is 366 g/mol. The van der Waals surface area contributed by atoms with Crippen LogP contribution in [0.3, 0.4) is 0 Å². The summed E-state index contributed by atoms with van der Waals surface area (Å²) in [5.41, 5.74) is 2.37. The molecule has 6 heteroatoms. The maximum absolute atomic E-state index is 12.9. The monoisotopic (exact) mass is 395 g/mol. The van der Waals surface area contributed by atoms with Crippen molar-refractivity contribution in [3.05, 3.63) is 41.6 Å². The Balaban J connectivity index is 1.29. The van der Waals surface area contributed by atoms with E-state index in [9.17, 15) is 9.59 Å². The number of amides is 2. The number of ether oxygens (including phenoxy) is 1. The van der Waals surface area contributed by atoms with Gasteiger partial charge in [0, 0.05) is 36.9 Å². The van der Waals surface area contributed by atoms with Gasteiger partial charge in [-0.05, 0) is 61.8 Å². The van der Waals surface area contributed by atoms with Crippen molar-refractivity contribution in [3.8, 4) is 5.75 Å². The average molecular weight is 396 g/mol. The Morgan fingerprint density at radius 1 is 1.17 bits per heavy atom. The Labute approximate surface area is 171 Å². The third-order valence-electron chi connectivity index (χ3n) is 6.87. The molecule has 5 rings (SSSR count). The molecular formula is C23H29N3O3. The third kappa shape index (κ3) is 3.33. The van der Waals surface area contributed by atoms with E-state index in [-0.39, 0.29) is 17.9 Å². The molecule has 3 aliphatic heterocycles. The van der Waals surface area contributed by atoms with Crippen LogP contribution in [0.4, 0.5) is 0 Å². The van der Waals surface area contributed by atoms with Gasteiger partial charge < -0.3 is 15.0 Å². The molecule has 1 N–H and O–H groups in total. The van der Waals surface area contributed by atoms with Crippen molar-refractivity contribution in [2.75, 3.05) is 13.1 Å². The van der Waals surface area contributed by atoms with Crippen LogP contribution in [0.25, 0.3) is 0 Å². The molecule has 0 bridgehead atoms. The lowest BCUT2D eigenvalue weighted by Crippen LogP contribution is -2.54. The van der Waals surface area contributed by atoms with Crippen LogP contribution in [0, 0.1) is 5.92 Å². The number of nitrogens with zero attached hydrogens (tertiary/aromatic N) is 2. The summed E-state index contributed by atoms with van der Waals surface area (Å²) in [5.74, 6) is 1.44. The predicted octanol–water partition coefficient (Wildman–Crippen LogP) is 2.69. The van der Waals surface area contributed by atoms with Crippen LogP contribution in [0.5, 0.6) is 5.75 Å². The lowest BCUT2D eigenvalue weighted by molar-refractivity contribution is -0.126. The molecule has 0 radical (unpaired) electrons. The molecule has 2 saturated heterocycles. The number of nitrogens with one attached hydrogen (secondary N) is 1. The molecule has 3 fully saturated rings. The first-order chi connectivity index (χ1) is 14.0. The quantitative estimate of drug-likeness (QED) is 0.852. The van der Waals surface area contributed by atoms with Crippen LogP contribution in [-0.2, 0) is 11.3 Å². The van der Waals surface area contributed by atoms with Gasteiger partial charge in [-0.15, -0.1) is 0 Å². The Bertz CT molecular complexity index is 861. The molecule has 1 saturated carbocycles. The number of likely N-dealkylation sites (tertiary alicyclic amines) is 1. The first kappa shape index (κ1) is 18.7. The number of allylic oxidation sites excluding steroid dienone is 1. The van der Waals surface area contributed by atoms with Gasteiger partial charge in [0.05, 0.1) is 0 Å². The summed E-state index contributed by atoms with van der Waals surface area (Å²) in [7, 11) is 0. The van der Waals surface area contributed by atoms with E-state index < -0.39 is 6.04 Å². The maximum Gasteiger partial charge on any atom is 0.255 e. The van der Waals surface area contributed by atoms with Gasteiger partial charge in [-0.25, -0.2) is 0 Å². The van der Waals surface area contributed by atoms with Gasteiger partial charge in [0.2, 0.25) is 5.91 Å². The zero-order chi connectivity index (χ0) is 20.1. The fraction of sp³-hybridized carbons (Fsp3) is 0.565. The van der Waals surface area contributed by atoms with E-state index >= 15 is 0 Å². The van der Waals surface area contributed by atoms with E-state index in [0.717, 1.165) is 29.3 Å². The second-order valence-electron chi connectivity index (χ2n) is 9.11. The molecule has 1 unspecified atom stereocenters. The van der Waals surface area contributed by atoms with Crippen LogP contribution < -0.4 is 10.1 Å². The Morgan fingerprint density at radius 2 is 2.00 bits per heavy atom. The highest BCUT2D eigenvalue weighted by Crippen LogP contribution is 2.35. The molecule has 3 atom stereocenters. The van der Waals surface area contributed by atoms with Gasteiger partial charge in [0.15, 0.2) is 0 Å². The molecule has 154 valence electrons. The molecule has 6 nitrogen and oxygen atoms in total. The average Bonchev–Trinajstić information content (AvgIpc) is 3.24.